The number of nitrogens with zero attached hydrogens (tertiary/aromatic N) is 3. The first-order chi connectivity index (χ1) is 17.4. The fourth-order valence-corrected chi connectivity index (χ4v) is 5.03. The molecule has 0 saturated carbocycles. The number of alkyl halides is 2. The molecule has 3 N–H and O–H groups in total. The van der Waals surface area contributed by atoms with Gasteiger partial charge in [-0.05, 0) is 43.2 Å². The van der Waals surface area contributed by atoms with Crippen molar-refractivity contribution in [1.82, 2.24) is 14.5 Å². The molecule has 0 radical (unpaired) electrons. The van der Waals surface area contributed by atoms with Gasteiger partial charge in [0.1, 0.15) is 11.3 Å². The van der Waals surface area contributed by atoms with Gasteiger partial charge in [-0.25, -0.2) is 31.0 Å². The van der Waals surface area contributed by atoms with Crippen LogP contribution >= 0.6 is 0 Å². The fraction of sp³-hybridized carbons (Fsp3) is 0.208. The number of fused-ring (bicyclic) bond motifs is 1. The molecule has 13 heteroatoms. The SMILES string of the molecule is CC(C)n1c(=O)c(-c2cc(F)c(NS(=O)(=O)Cc3ccc(C(F)F)cc3)c(F)c2)cc2cnc(N)nc21. The highest BCUT2D eigenvalue weighted by Gasteiger charge is 2.22. The second-order valence-electron chi connectivity index (χ2n) is 8.55. The van der Waals surface area contributed by atoms with Crippen molar-refractivity contribution in [2.24, 2.45) is 0 Å². The molecular weight excluding hydrogens is 514 g/mol. The first-order valence-electron chi connectivity index (χ1n) is 10.9. The lowest BCUT2D eigenvalue weighted by atomic mass is 10.0. The van der Waals surface area contributed by atoms with Crippen molar-refractivity contribution in [2.75, 3.05) is 10.5 Å². The van der Waals surface area contributed by atoms with Crippen LogP contribution < -0.4 is 16.0 Å². The van der Waals surface area contributed by atoms with E-state index in [0.29, 0.717) is 5.39 Å². The van der Waals surface area contributed by atoms with Crippen LogP contribution in [0.5, 0.6) is 0 Å². The molecule has 0 aliphatic rings. The summed E-state index contributed by atoms with van der Waals surface area (Å²) in [6.07, 6.45) is -1.34. The maximum atomic E-state index is 15.0. The number of hydrogen-bond donors (Lipinski definition) is 2. The summed E-state index contributed by atoms with van der Waals surface area (Å²) < 4.78 is 83.6. The minimum Gasteiger partial charge on any atom is -0.368 e. The molecule has 4 aromatic rings. The van der Waals surface area contributed by atoms with Crippen molar-refractivity contribution in [1.29, 1.82) is 0 Å². The quantitative estimate of drug-likeness (QED) is 0.329. The Balaban J connectivity index is 1.70. The number of nitrogen functional groups attached to an aromatic ring is 1. The third-order valence-corrected chi connectivity index (χ3v) is 6.74. The van der Waals surface area contributed by atoms with Gasteiger partial charge in [0.25, 0.3) is 12.0 Å². The van der Waals surface area contributed by atoms with Crippen LogP contribution in [0.2, 0.25) is 0 Å². The summed E-state index contributed by atoms with van der Waals surface area (Å²) in [5.74, 6) is -3.26. The van der Waals surface area contributed by atoms with Crippen LogP contribution in [0.15, 0.2) is 53.5 Å². The predicted octanol–water partition coefficient (Wildman–Crippen LogP) is 4.78. The lowest BCUT2D eigenvalue weighted by molar-refractivity contribution is 0.151. The first kappa shape index (κ1) is 26.1. The molecule has 0 aliphatic carbocycles. The van der Waals surface area contributed by atoms with Crippen LogP contribution in [0.25, 0.3) is 22.2 Å². The van der Waals surface area contributed by atoms with Crippen LogP contribution in [-0.4, -0.2) is 23.0 Å². The highest BCUT2D eigenvalue weighted by atomic mass is 32.2. The summed E-state index contributed by atoms with van der Waals surface area (Å²) in [6, 6.07) is 7.18. The molecule has 0 aliphatic heterocycles. The average Bonchev–Trinajstić information content (AvgIpc) is 2.80. The van der Waals surface area contributed by atoms with E-state index in [1.807, 2.05) is 4.72 Å². The highest BCUT2D eigenvalue weighted by molar-refractivity contribution is 7.91. The minimum atomic E-state index is -4.31. The zero-order chi connectivity index (χ0) is 27.1. The molecule has 2 aromatic carbocycles. The summed E-state index contributed by atoms with van der Waals surface area (Å²) in [5.41, 5.74) is 4.05. The van der Waals surface area contributed by atoms with Crippen molar-refractivity contribution in [3.63, 3.8) is 0 Å². The maximum Gasteiger partial charge on any atom is 0.263 e. The Kier molecular flexibility index (Phi) is 6.91. The number of nitrogens with two attached hydrogens (primary N) is 1. The molecule has 37 heavy (non-hydrogen) atoms. The molecule has 0 bridgehead atoms. The van der Waals surface area contributed by atoms with Gasteiger partial charge in [0.05, 0.1) is 5.75 Å². The number of rotatable bonds is 7. The number of nitrogens with one attached hydrogen (secondary N) is 1. The summed E-state index contributed by atoms with van der Waals surface area (Å²) in [4.78, 5) is 21.2. The Labute approximate surface area is 208 Å². The van der Waals surface area contributed by atoms with Crippen molar-refractivity contribution < 1.29 is 26.0 Å². The topological polar surface area (TPSA) is 120 Å². The van der Waals surface area contributed by atoms with Gasteiger partial charge in [-0.2, -0.15) is 4.98 Å². The fourth-order valence-electron chi connectivity index (χ4n) is 3.82. The molecule has 4 rings (SSSR count). The van der Waals surface area contributed by atoms with E-state index in [0.717, 1.165) is 24.3 Å². The molecule has 0 spiro atoms. The van der Waals surface area contributed by atoms with Crippen LogP contribution in [0.4, 0.5) is 29.2 Å². The monoisotopic (exact) mass is 535 g/mol. The first-order valence-corrected chi connectivity index (χ1v) is 12.6. The van der Waals surface area contributed by atoms with E-state index in [1.54, 1.807) is 13.8 Å². The van der Waals surface area contributed by atoms with Gasteiger partial charge in [-0.3, -0.25) is 14.1 Å². The summed E-state index contributed by atoms with van der Waals surface area (Å²) in [6.45, 7) is 3.45. The molecule has 2 heterocycles. The second kappa shape index (κ2) is 9.81. The number of benzene rings is 2. The Morgan fingerprint density at radius 1 is 1.05 bits per heavy atom. The molecule has 2 aromatic heterocycles. The van der Waals surface area contributed by atoms with Crippen molar-refractivity contribution >= 4 is 32.7 Å². The third kappa shape index (κ3) is 5.40. The van der Waals surface area contributed by atoms with Gasteiger partial charge in [0, 0.05) is 28.8 Å². The van der Waals surface area contributed by atoms with Crippen molar-refractivity contribution in [3.8, 4) is 11.1 Å². The number of sulfonamides is 1. The zero-order valence-corrected chi connectivity index (χ0v) is 20.4. The molecule has 194 valence electrons. The zero-order valence-electron chi connectivity index (χ0n) is 19.5. The smallest absolute Gasteiger partial charge is 0.263 e. The van der Waals surface area contributed by atoms with E-state index in [1.165, 1.54) is 29.0 Å². The predicted molar refractivity (Wildman–Crippen MR) is 132 cm³/mol. The summed E-state index contributed by atoms with van der Waals surface area (Å²) >= 11 is 0. The van der Waals surface area contributed by atoms with E-state index in [4.69, 9.17) is 5.73 Å². The van der Waals surface area contributed by atoms with E-state index in [-0.39, 0.29) is 39.9 Å². The van der Waals surface area contributed by atoms with Gasteiger partial charge >= 0.3 is 0 Å². The normalized spacial score (nSPS) is 12.0. The maximum absolute atomic E-state index is 15.0. The van der Waals surface area contributed by atoms with E-state index < -0.39 is 45.1 Å². The van der Waals surface area contributed by atoms with E-state index >= 15 is 0 Å². The third-order valence-electron chi connectivity index (χ3n) is 5.51. The Bertz CT molecular complexity index is 1630. The van der Waals surface area contributed by atoms with E-state index in [2.05, 4.69) is 9.97 Å². The number of anilines is 2. The minimum absolute atomic E-state index is 0.0484. The number of aromatic nitrogens is 3. The largest absolute Gasteiger partial charge is 0.368 e. The lowest BCUT2D eigenvalue weighted by Crippen LogP contribution is -2.25. The standard InChI is InChI=1S/C24H21F4N5O3S/c1-12(2)33-22-16(10-30-24(29)31-22)7-17(23(33)34)15-8-18(25)20(19(26)9-15)32-37(35,36)11-13-3-5-14(6-4-13)21(27)28/h3-10,12,21,32H,11H2,1-2H3,(H2,29,30,31). The summed E-state index contributed by atoms with van der Waals surface area (Å²) in [5, 5.41) is 0.404. The highest BCUT2D eigenvalue weighted by Crippen LogP contribution is 2.29. The molecule has 0 fully saturated rings. The van der Waals surface area contributed by atoms with Crippen molar-refractivity contribution in [3.05, 3.63) is 81.8 Å². The molecule has 8 nitrogen and oxygen atoms in total. The number of pyridine rings is 1. The van der Waals surface area contributed by atoms with Crippen LogP contribution in [0.1, 0.15) is 37.4 Å². The van der Waals surface area contributed by atoms with Crippen LogP contribution in [0.3, 0.4) is 0 Å². The number of hydrogen-bond acceptors (Lipinski definition) is 6. The van der Waals surface area contributed by atoms with Crippen molar-refractivity contribution in [2.45, 2.75) is 32.1 Å². The lowest BCUT2D eigenvalue weighted by Gasteiger charge is -2.16. The van der Waals surface area contributed by atoms with E-state index in [9.17, 15) is 30.8 Å². The van der Waals surface area contributed by atoms with Gasteiger partial charge in [-0.15, -0.1) is 0 Å². The molecule has 0 unspecified atom stereocenters. The molecule has 0 atom stereocenters. The summed E-state index contributed by atoms with van der Waals surface area (Å²) in [7, 11) is -4.31. The molecule has 0 amide bonds. The van der Waals surface area contributed by atoms with Crippen LogP contribution in [-0.2, 0) is 15.8 Å². The van der Waals surface area contributed by atoms with Gasteiger partial charge < -0.3 is 5.73 Å². The molecular formula is C24H21F4N5O3S. The van der Waals surface area contributed by atoms with Crippen LogP contribution in [0, 0.1) is 11.6 Å². The van der Waals surface area contributed by atoms with Gasteiger partial charge in [-0.1, -0.05) is 24.3 Å². The average molecular weight is 536 g/mol. The Morgan fingerprint density at radius 2 is 1.68 bits per heavy atom. The number of halogens is 4. The second-order valence-corrected chi connectivity index (χ2v) is 10.3. The Hall–Kier alpha value is -4.00. The van der Waals surface area contributed by atoms with Gasteiger partial charge in [0.2, 0.25) is 16.0 Å². The Morgan fingerprint density at radius 3 is 2.24 bits per heavy atom. The van der Waals surface area contributed by atoms with Gasteiger partial charge in [0.15, 0.2) is 11.6 Å². The molecule has 0 saturated heterocycles.